The molecule has 0 bridgehead atoms. The average Bonchev–Trinajstić information content (AvgIpc) is 2.59. The highest BCUT2D eigenvalue weighted by atomic mass is 35.5. The molecule has 5 nitrogen and oxygen atoms in total. The molecule has 0 saturated heterocycles. The molecule has 2 aromatic heterocycles. The van der Waals surface area contributed by atoms with Gasteiger partial charge in [-0.3, -0.25) is 4.79 Å². The Morgan fingerprint density at radius 1 is 1.57 bits per heavy atom. The monoisotopic (exact) mass is 210 g/mol. The molecule has 0 fully saturated rings. The van der Waals surface area contributed by atoms with E-state index in [0.717, 1.165) is 11.8 Å². The average molecular weight is 211 g/mol. The third-order valence-electron chi connectivity index (χ3n) is 1.87. The number of aldehydes is 1. The number of anilines is 1. The molecule has 0 aliphatic heterocycles. The number of halogens is 1. The first-order valence-electron chi connectivity index (χ1n) is 3.94. The van der Waals surface area contributed by atoms with Crippen LogP contribution in [-0.4, -0.2) is 27.9 Å². The van der Waals surface area contributed by atoms with E-state index in [1.807, 2.05) is 0 Å². The molecule has 0 amide bonds. The molecule has 2 aromatic rings. The maximum Gasteiger partial charge on any atom is 0.243 e. The van der Waals surface area contributed by atoms with Gasteiger partial charge < -0.3 is 5.32 Å². The second kappa shape index (κ2) is 3.26. The normalized spacial score (nSPS) is 10.4. The molecule has 0 aliphatic carbocycles. The van der Waals surface area contributed by atoms with Crippen LogP contribution in [0.2, 0.25) is 5.28 Å². The molecule has 2 heterocycles. The number of hydrogen-bond donors (Lipinski definition) is 1. The summed E-state index contributed by atoms with van der Waals surface area (Å²) in [6.45, 7) is 0. The minimum Gasteiger partial charge on any atom is -0.371 e. The lowest BCUT2D eigenvalue weighted by atomic mass is 10.4. The maximum atomic E-state index is 10.6. The third-order valence-corrected chi connectivity index (χ3v) is 2.03. The van der Waals surface area contributed by atoms with E-state index >= 15 is 0 Å². The fourth-order valence-corrected chi connectivity index (χ4v) is 1.42. The summed E-state index contributed by atoms with van der Waals surface area (Å²) in [4.78, 5) is 14.6. The molecule has 0 aliphatic rings. The number of rotatable bonds is 2. The van der Waals surface area contributed by atoms with Crippen LogP contribution in [0.15, 0.2) is 12.1 Å². The smallest absolute Gasteiger partial charge is 0.243 e. The van der Waals surface area contributed by atoms with Crippen molar-refractivity contribution in [1.82, 2.24) is 14.6 Å². The van der Waals surface area contributed by atoms with Gasteiger partial charge in [0, 0.05) is 7.05 Å². The van der Waals surface area contributed by atoms with Crippen LogP contribution in [0.25, 0.3) is 5.52 Å². The Morgan fingerprint density at radius 2 is 2.36 bits per heavy atom. The Hall–Kier alpha value is -1.62. The molecule has 0 unspecified atom stereocenters. The standard InChI is InChI=1S/C8H7ClN4O/c1-10-7-6-3-2-5(4-14)13(6)12-8(9)11-7/h2-4H,1H3,(H,10,11,12). The quantitative estimate of drug-likeness (QED) is 0.758. The Morgan fingerprint density at radius 3 is 3.00 bits per heavy atom. The number of nitrogens with one attached hydrogen (secondary N) is 1. The Bertz CT molecular complexity index is 493. The number of carbonyl (C=O) groups is 1. The summed E-state index contributed by atoms with van der Waals surface area (Å²) in [5.74, 6) is 0.595. The summed E-state index contributed by atoms with van der Waals surface area (Å²) >= 11 is 5.69. The molecule has 2 rings (SSSR count). The molecule has 0 saturated carbocycles. The van der Waals surface area contributed by atoms with Crippen molar-refractivity contribution < 1.29 is 4.79 Å². The minimum atomic E-state index is 0.0983. The highest BCUT2D eigenvalue weighted by molar-refractivity contribution is 6.28. The van der Waals surface area contributed by atoms with Crippen LogP contribution >= 0.6 is 11.6 Å². The molecular weight excluding hydrogens is 204 g/mol. The predicted octanol–water partition coefficient (Wildman–Crippen LogP) is 1.24. The van der Waals surface area contributed by atoms with E-state index in [0.29, 0.717) is 11.5 Å². The summed E-state index contributed by atoms with van der Waals surface area (Å²) in [7, 11) is 1.73. The van der Waals surface area contributed by atoms with Crippen molar-refractivity contribution in [3.63, 3.8) is 0 Å². The number of carbonyl (C=O) groups excluding carboxylic acids is 1. The first-order valence-corrected chi connectivity index (χ1v) is 4.32. The van der Waals surface area contributed by atoms with Gasteiger partial charge >= 0.3 is 0 Å². The van der Waals surface area contributed by atoms with E-state index in [1.165, 1.54) is 4.52 Å². The van der Waals surface area contributed by atoms with Crippen LogP contribution < -0.4 is 5.32 Å². The van der Waals surface area contributed by atoms with Crippen LogP contribution in [0.5, 0.6) is 0 Å². The molecule has 14 heavy (non-hydrogen) atoms. The van der Waals surface area contributed by atoms with Crippen molar-refractivity contribution in [2.24, 2.45) is 0 Å². The van der Waals surface area contributed by atoms with Gasteiger partial charge in [0.05, 0.1) is 0 Å². The van der Waals surface area contributed by atoms with Crippen molar-refractivity contribution in [3.05, 3.63) is 23.1 Å². The lowest BCUT2D eigenvalue weighted by Gasteiger charge is -2.02. The first-order chi connectivity index (χ1) is 6.76. The van der Waals surface area contributed by atoms with Crippen LogP contribution in [0.4, 0.5) is 5.82 Å². The van der Waals surface area contributed by atoms with Gasteiger partial charge in [-0.05, 0) is 23.7 Å². The van der Waals surface area contributed by atoms with E-state index in [-0.39, 0.29) is 5.28 Å². The summed E-state index contributed by atoms with van der Waals surface area (Å²) in [6, 6.07) is 3.42. The van der Waals surface area contributed by atoms with Gasteiger partial charge in [-0.15, -0.1) is 5.10 Å². The third kappa shape index (κ3) is 1.22. The van der Waals surface area contributed by atoms with E-state index in [2.05, 4.69) is 15.4 Å². The fourth-order valence-electron chi connectivity index (χ4n) is 1.26. The van der Waals surface area contributed by atoms with Crippen molar-refractivity contribution in [2.45, 2.75) is 0 Å². The molecule has 0 radical (unpaired) electrons. The molecule has 0 aromatic carbocycles. The van der Waals surface area contributed by atoms with Gasteiger partial charge in [0.25, 0.3) is 0 Å². The Balaban J connectivity index is 2.83. The molecule has 1 N–H and O–H groups in total. The highest BCUT2D eigenvalue weighted by Crippen LogP contribution is 2.17. The maximum absolute atomic E-state index is 10.6. The van der Waals surface area contributed by atoms with Gasteiger partial charge in [0.2, 0.25) is 5.28 Å². The van der Waals surface area contributed by atoms with Gasteiger partial charge in [-0.2, -0.15) is 4.98 Å². The highest BCUT2D eigenvalue weighted by Gasteiger charge is 2.08. The van der Waals surface area contributed by atoms with Crippen LogP contribution in [0, 0.1) is 0 Å². The number of fused-ring (bicyclic) bond motifs is 1. The van der Waals surface area contributed by atoms with Gasteiger partial charge in [0.15, 0.2) is 12.1 Å². The first kappa shape index (κ1) is 8.96. The molecule has 6 heteroatoms. The van der Waals surface area contributed by atoms with Gasteiger partial charge in [-0.1, -0.05) is 0 Å². The van der Waals surface area contributed by atoms with Crippen LogP contribution in [0.3, 0.4) is 0 Å². The summed E-state index contributed by atoms with van der Waals surface area (Å²) in [5, 5.41) is 6.89. The second-order valence-corrected chi connectivity index (χ2v) is 2.99. The van der Waals surface area contributed by atoms with E-state index in [4.69, 9.17) is 11.6 Å². The summed E-state index contributed by atoms with van der Waals surface area (Å²) in [5.41, 5.74) is 1.17. The van der Waals surface area contributed by atoms with Gasteiger partial charge in [0.1, 0.15) is 11.2 Å². The minimum absolute atomic E-state index is 0.0983. The number of nitrogens with zero attached hydrogens (tertiary/aromatic N) is 3. The zero-order chi connectivity index (χ0) is 10.1. The fraction of sp³-hybridized carbons (Fsp3) is 0.125. The lowest BCUT2D eigenvalue weighted by molar-refractivity contribution is 0.111. The SMILES string of the molecule is CNc1nc(Cl)nn2c(C=O)ccc12. The van der Waals surface area contributed by atoms with E-state index in [9.17, 15) is 4.79 Å². The summed E-state index contributed by atoms with van der Waals surface area (Å²) in [6.07, 6.45) is 0.718. The van der Waals surface area contributed by atoms with Crippen molar-refractivity contribution in [1.29, 1.82) is 0 Å². The van der Waals surface area contributed by atoms with E-state index in [1.54, 1.807) is 19.2 Å². The zero-order valence-corrected chi connectivity index (χ0v) is 8.12. The molecule has 0 atom stereocenters. The van der Waals surface area contributed by atoms with Crippen LogP contribution in [0.1, 0.15) is 10.5 Å². The predicted molar refractivity (Wildman–Crippen MR) is 52.9 cm³/mol. The Kier molecular flexibility index (Phi) is 2.09. The summed E-state index contributed by atoms with van der Waals surface area (Å²) < 4.78 is 1.45. The van der Waals surface area contributed by atoms with Crippen molar-refractivity contribution in [3.8, 4) is 0 Å². The van der Waals surface area contributed by atoms with E-state index < -0.39 is 0 Å². The molecular formula is C8H7ClN4O. The van der Waals surface area contributed by atoms with Crippen molar-refractivity contribution in [2.75, 3.05) is 12.4 Å². The Labute approximate surface area is 84.7 Å². The zero-order valence-electron chi connectivity index (χ0n) is 7.36. The number of hydrogen-bond acceptors (Lipinski definition) is 4. The number of aromatic nitrogens is 3. The van der Waals surface area contributed by atoms with Crippen LogP contribution in [-0.2, 0) is 0 Å². The lowest BCUT2D eigenvalue weighted by Crippen LogP contribution is -2.03. The molecule has 72 valence electrons. The molecule has 0 spiro atoms. The van der Waals surface area contributed by atoms with Crippen molar-refractivity contribution >= 4 is 29.2 Å². The topological polar surface area (TPSA) is 59.3 Å². The largest absolute Gasteiger partial charge is 0.371 e. The second-order valence-electron chi connectivity index (χ2n) is 2.65. The van der Waals surface area contributed by atoms with Gasteiger partial charge in [-0.25, -0.2) is 4.52 Å².